The van der Waals surface area contributed by atoms with E-state index in [2.05, 4.69) is 18.8 Å². The van der Waals surface area contributed by atoms with Crippen LogP contribution in [0.5, 0.6) is 0 Å². The minimum absolute atomic E-state index is 0.369. The summed E-state index contributed by atoms with van der Waals surface area (Å²) in [7, 11) is 0. The Hall–Kier alpha value is -2.56. The van der Waals surface area contributed by atoms with Gasteiger partial charge >= 0.3 is 6.18 Å². The van der Waals surface area contributed by atoms with Crippen molar-refractivity contribution in [2.45, 2.75) is 32.4 Å². The van der Waals surface area contributed by atoms with E-state index in [-0.39, 0.29) is 0 Å². The predicted octanol–water partition coefficient (Wildman–Crippen LogP) is 6.18. The van der Waals surface area contributed by atoms with Crippen LogP contribution in [0.1, 0.15) is 47.7 Å². The van der Waals surface area contributed by atoms with Crippen molar-refractivity contribution in [1.82, 2.24) is 4.98 Å². The molecule has 1 unspecified atom stereocenters. The lowest BCUT2D eigenvalue weighted by Gasteiger charge is -2.08. The van der Waals surface area contributed by atoms with Gasteiger partial charge in [0.2, 0.25) is 0 Å². The van der Waals surface area contributed by atoms with Crippen LogP contribution in [-0.4, -0.2) is 11.3 Å². The molecule has 0 aliphatic rings. The molecular formula is C20H18F3NO. The number of hydrogen-bond acceptors (Lipinski definition) is 1. The van der Waals surface area contributed by atoms with E-state index in [1.165, 1.54) is 12.1 Å². The number of hydrogen-bond donors (Lipinski definition) is 1. The van der Waals surface area contributed by atoms with Gasteiger partial charge in [-0.2, -0.15) is 13.2 Å². The lowest BCUT2D eigenvalue weighted by molar-refractivity contribution is -0.137. The minimum Gasteiger partial charge on any atom is -0.354 e. The number of alkyl halides is 3. The van der Waals surface area contributed by atoms with Gasteiger partial charge in [-0.15, -0.1) is 0 Å². The van der Waals surface area contributed by atoms with Crippen molar-refractivity contribution in [2.75, 3.05) is 0 Å². The monoisotopic (exact) mass is 345 g/mol. The number of nitrogens with one attached hydrogen (secondary N) is 1. The van der Waals surface area contributed by atoms with E-state index >= 15 is 0 Å². The molecule has 25 heavy (non-hydrogen) atoms. The average Bonchev–Trinajstić information content (AvgIpc) is 2.98. The van der Waals surface area contributed by atoms with Crippen LogP contribution in [0.25, 0.3) is 22.2 Å². The second kappa shape index (κ2) is 6.39. The Kier molecular flexibility index (Phi) is 4.41. The van der Waals surface area contributed by atoms with Crippen LogP contribution in [0.15, 0.2) is 42.5 Å². The first-order valence-corrected chi connectivity index (χ1v) is 8.13. The number of carbonyl (C=O) groups excluding carboxylic acids is 1. The quantitative estimate of drug-likeness (QED) is 0.563. The summed E-state index contributed by atoms with van der Waals surface area (Å²) in [5, 5.41) is 0.794. The van der Waals surface area contributed by atoms with Crippen molar-refractivity contribution in [3.05, 3.63) is 59.2 Å². The zero-order chi connectivity index (χ0) is 18.2. The second-order valence-corrected chi connectivity index (χ2v) is 6.22. The van der Waals surface area contributed by atoms with Crippen molar-refractivity contribution in [2.24, 2.45) is 0 Å². The third-order valence-corrected chi connectivity index (χ3v) is 4.66. The first-order valence-electron chi connectivity index (χ1n) is 8.13. The van der Waals surface area contributed by atoms with Gasteiger partial charge in [-0.3, -0.25) is 4.79 Å². The van der Waals surface area contributed by atoms with E-state index in [1.807, 2.05) is 18.2 Å². The second-order valence-electron chi connectivity index (χ2n) is 6.22. The number of aromatic nitrogens is 1. The number of benzene rings is 2. The SMILES string of the molecule is CCC(C)c1ccc2[nH]c(-c3ccc(C(F)(F)F)cc3)c(C=O)c2c1. The maximum atomic E-state index is 12.7. The molecule has 0 spiro atoms. The first kappa shape index (κ1) is 17.3. The van der Waals surface area contributed by atoms with E-state index in [9.17, 15) is 18.0 Å². The summed E-state index contributed by atoms with van der Waals surface area (Å²) in [6, 6.07) is 10.7. The van der Waals surface area contributed by atoms with Crippen LogP contribution in [-0.2, 0) is 6.18 Å². The third kappa shape index (κ3) is 3.18. The summed E-state index contributed by atoms with van der Waals surface area (Å²) in [6.07, 6.45) is -2.64. The maximum absolute atomic E-state index is 12.7. The highest BCUT2D eigenvalue weighted by atomic mass is 19.4. The predicted molar refractivity (Wildman–Crippen MR) is 92.8 cm³/mol. The van der Waals surface area contributed by atoms with Crippen LogP contribution in [0, 0.1) is 0 Å². The van der Waals surface area contributed by atoms with Crippen molar-refractivity contribution in [3.63, 3.8) is 0 Å². The molecular weight excluding hydrogens is 327 g/mol. The summed E-state index contributed by atoms with van der Waals surface area (Å²) in [5.74, 6) is 0.369. The standard InChI is InChI=1S/C20H18F3NO/c1-3-12(2)14-6-9-18-16(10-14)17(11-25)19(24-18)13-4-7-15(8-5-13)20(21,22)23/h4-12,24H,3H2,1-2H3. The Balaban J connectivity index is 2.11. The number of fused-ring (bicyclic) bond motifs is 1. The van der Waals surface area contributed by atoms with Crippen LogP contribution in [0.2, 0.25) is 0 Å². The Morgan fingerprint density at radius 2 is 1.80 bits per heavy atom. The molecule has 0 aliphatic carbocycles. The summed E-state index contributed by atoms with van der Waals surface area (Å²) in [4.78, 5) is 14.8. The fourth-order valence-corrected chi connectivity index (χ4v) is 2.95. The number of carbonyl (C=O) groups is 1. The lowest BCUT2D eigenvalue weighted by Crippen LogP contribution is -2.04. The number of rotatable bonds is 4. The van der Waals surface area contributed by atoms with Gasteiger partial charge in [0.1, 0.15) is 0 Å². The molecule has 0 radical (unpaired) electrons. The fourth-order valence-electron chi connectivity index (χ4n) is 2.95. The zero-order valence-corrected chi connectivity index (χ0v) is 13.9. The summed E-state index contributed by atoms with van der Waals surface area (Å²) >= 11 is 0. The summed E-state index contributed by atoms with van der Waals surface area (Å²) in [5.41, 5.74) is 2.79. The maximum Gasteiger partial charge on any atom is 0.416 e. The van der Waals surface area contributed by atoms with Crippen LogP contribution >= 0.6 is 0 Å². The van der Waals surface area contributed by atoms with Gasteiger partial charge in [-0.1, -0.05) is 32.0 Å². The number of aldehydes is 1. The van der Waals surface area contributed by atoms with Gasteiger partial charge in [0.15, 0.2) is 6.29 Å². The van der Waals surface area contributed by atoms with Crippen molar-refractivity contribution in [3.8, 4) is 11.3 Å². The number of H-pyrrole nitrogens is 1. The average molecular weight is 345 g/mol. The van der Waals surface area contributed by atoms with Gasteiger partial charge in [0.05, 0.1) is 11.3 Å². The van der Waals surface area contributed by atoms with Gasteiger partial charge in [0, 0.05) is 16.5 Å². The first-order chi connectivity index (χ1) is 11.8. The molecule has 2 nitrogen and oxygen atoms in total. The van der Waals surface area contributed by atoms with Gasteiger partial charge in [0.25, 0.3) is 0 Å². The van der Waals surface area contributed by atoms with Crippen LogP contribution < -0.4 is 0 Å². The number of halogens is 3. The molecule has 3 rings (SSSR count). The summed E-state index contributed by atoms with van der Waals surface area (Å²) < 4.78 is 38.2. The Bertz CT molecular complexity index is 907. The van der Waals surface area contributed by atoms with Crippen molar-refractivity contribution >= 4 is 17.2 Å². The molecule has 1 heterocycles. The van der Waals surface area contributed by atoms with E-state index in [1.54, 1.807) is 0 Å². The highest BCUT2D eigenvalue weighted by Gasteiger charge is 2.30. The highest BCUT2D eigenvalue weighted by molar-refractivity contribution is 6.04. The van der Waals surface area contributed by atoms with Crippen LogP contribution in [0.4, 0.5) is 13.2 Å². The highest BCUT2D eigenvalue weighted by Crippen LogP contribution is 2.34. The Labute approximate surface area is 143 Å². The number of aromatic amines is 1. The van der Waals surface area contributed by atoms with E-state index < -0.39 is 11.7 Å². The molecule has 5 heteroatoms. The molecule has 1 aromatic heterocycles. The zero-order valence-electron chi connectivity index (χ0n) is 13.9. The molecule has 0 aliphatic heterocycles. The molecule has 0 saturated carbocycles. The van der Waals surface area contributed by atoms with Crippen molar-refractivity contribution in [1.29, 1.82) is 0 Å². The summed E-state index contributed by atoms with van der Waals surface area (Å²) in [6.45, 7) is 4.21. The van der Waals surface area contributed by atoms with E-state index in [4.69, 9.17) is 0 Å². The Morgan fingerprint density at radius 3 is 2.36 bits per heavy atom. The molecule has 1 N–H and O–H groups in total. The largest absolute Gasteiger partial charge is 0.416 e. The minimum atomic E-state index is -4.38. The molecule has 0 bridgehead atoms. The van der Waals surface area contributed by atoms with Crippen LogP contribution in [0.3, 0.4) is 0 Å². The molecule has 2 aromatic carbocycles. The van der Waals surface area contributed by atoms with E-state index in [0.717, 1.165) is 41.3 Å². The smallest absolute Gasteiger partial charge is 0.354 e. The van der Waals surface area contributed by atoms with Gasteiger partial charge < -0.3 is 4.98 Å². The normalized spacial score (nSPS) is 13.2. The molecule has 0 fully saturated rings. The fraction of sp³-hybridized carbons (Fsp3) is 0.250. The molecule has 1 atom stereocenters. The van der Waals surface area contributed by atoms with E-state index in [0.29, 0.717) is 22.7 Å². The van der Waals surface area contributed by atoms with Crippen molar-refractivity contribution < 1.29 is 18.0 Å². The van der Waals surface area contributed by atoms with Gasteiger partial charge in [-0.05, 0) is 47.7 Å². The molecule has 130 valence electrons. The topological polar surface area (TPSA) is 32.9 Å². The molecule has 3 aromatic rings. The Morgan fingerprint density at radius 1 is 1.12 bits per heavy atom. The third-order valence-electron chi connectivity index (χ3n) is 4.66. The molecule has 0 amide bonds. The van der Waals surface area contributed by atoms with Gasteiger partial charge in [-0.25, -0.2) is 0 Å². The lowest BCUT2D eigenvalue weighted by atomic mass is 9.96. The molecule has 0 saturated heterocycles.